The molecule has 0 atom stereocenters. The first-order valence-electron chi connectivity index (χ1n) is 10.9. The van der Waals surface area contributed by atoms with Gasteiger partial charge >= 0.3 is 0 Å². The number of rotatable bonds is 7. The van der Waals surface area contributed by atoms with Crippen molar-refractivity contribution in [2.24, 2.45) is 5.92 Å². The number of hydrogen-bond acceptors (Lipinski definition) is 4. The van der Waals surface area contributed by atoms with Crippen LogP contribution in [0.5, 0.6) is 11.5 Å². The normalized spacial score (nSPS) is 10.9. The molecule has 162 valence electrons. The molecule has 4 rings (SSSR count). The van der Waals surface area contributed by atoms with Gasteiger partial charge in [0.15, 0.2) is 5.82 Å². The van der Waals surface area contributed by atoms with E-state index in [0.717, 1.165) is 39.6 Å². The van der Waals surface area contributed by atoms with Crippen LogP contribution in [0, 0.1) is 12.8 Å². The number of nitrogens with zero attached hydrogens (tertiary/aromatic N) is 2. The highest BCUT2D eigenvalue weighted by molar-refractivity contribution is 5.72. The average molecular weight is 425 g/mol. The molecule has 0 bridgehead atoms. The number of benzene rings is 3. The molecule has 0 aliphatic rings. The predicted octanol–water partition coefficient (Wildman–Crippen LogP) is 6.83. The lowest BCUT2D eigenvalue weighted by Crippen LogP contribution is -2.04. The summed E-state index contributed by atoms with van der Waals surface area (Å²) in [6.07, 6.45) is 0. The Morgan fingerprint density at radius 2 is 1.19 bits per heavy atom. The maximum absolute atomic E-state index is 5.82. The number of aryl methyl sites for hydroxylation is 1. The van der Waals surface area contributed by atoms with Gasteiger partial charge in [-0.05, 0) is 67.4 Å². The molecule has 1 heterocycles. The van der Waals surface area contributed by atoms with Crippen molar-refractivity contribution in [1.29, 1.82) is 0 Å². The number of aromatic nitrogens is 2. The standard InChI is InChI=1S/C28H28N2O2/c1-19(2)18-32-25-15-11-23(12-16-25)28-29-26(21-7-5-20(3)6-8-21)17-27(30-28)22-9-13-24(31-4)14-10-22/h5-17,19H,18H2,1-4H3. The van der Waals surface area contributed by atoms with Crippen LogP contribution in [0.3, 0.4) is 0 Å². The van der Waals surface area contributed by atoms with Gasteiger partial charge in [0, 0.05) is 16.7 Å². The zero-order chi connectivity index (χ0) is 22.5. The van der Waals surface area contributed by atoms with Crippen molar-refractivity contribution in [3.63, 3.8) is 0 Å². The maximum atomic E-state index is 5.82. The van der Waals surface area contributed by atoms with Crippen molar-refractivity contribution in [3.8, 4) is 45.4 Å². The highest BCUT2D eigenvalue weighted by atomic mass is 16.5. The lowest BCUT2D eigenvalue weighted by molar-refractivity contribution is 0.271. The fourth-order valence-corrected chi connectivity index (χ4v) is 3.32. The molecule has 4 nitrogen and oxygen atoms in total. The Bertz CT molecular complexity index is 1170. The minimum absolute atomic E-state index is 0.483. The van der Waals surface area contributed by atoms with Gasteiger partial charge in [-0.25, -0.2) is 9.97 Å². The van der Waals surface area contributed by atoms with Crippen LogP contribution in [-0.4, -0.2) is 23.7 Å². The van der Waals surface area contributed by atoms with E-state index in [4.69, 9.17) is 19.4 Å². The average Bonchev–Trinajstić information content (AvgIpc) is 2.83. The third-order valence-electron chi connectivity index (χ3n) is 5.16. The molecular formula is C28H28N2O2. The molecular weight excluding hydrogens is 396 g/mol. The number of ether oxygens (including phenoxy) is 2. The number of hydrogen-bond donors (Lipinski definition) is 0. The van der Waals surface area contributed by atoms with Crippen molar-refractivity contribution in [2.45, 2.75) is 20.8 Å². The molecule has 0 spiro atoms. The van der Waals surface area contributed by atoms with E-state index < -0.39 is 0 Å². The molecule has 0 unspecified atom stereocenters. The molecule has 4 aromatic rings. The number of methoxy groups -OCH3 is 1. The van der Waals surface area contributed by atoms with E-state index in [9.17, 15) is 0 Å². The van der Waals surface area contributed by atoms with Crippen LogP contribution in [0.4, 0.5) is 0 Å². The Balaban J connectivity index is 1.75. The molecule has 4 heteroatoms. The predicted molar refractivity (Wildman–Crippen MR) is 130 cm³/mol. The third-order valence-corrected chi connectivity index (χ3v) is 5.16. The smallest absolute Gasteiger partial charge is 0.160 e. The Morgan fingerprint density at radius 1 is 0.688 bits per heavy atom. The van der Waals surface area contributed by atoms with E-state index in [0.29, 0.717) is 18.3 Å². The van der Waals surface area contributed by atoms with E-state index in [1.165, 1.54) is 5.56 Å². The van der Waals surface area contributed by atoms with Gasteiger partial charge < -0.3 is 9.47 Å². The highest BCUT2D eigenvalue weighted by Crippen LogP contribution is 2.29. The molecule has 32 heavy (non-hydrogen) atoms. The van der Waals surface area contributed by atoms with Gasteiger partial charge in [-0.15, -0.1) is 0 Å². The molecule has 0 N–H and O–H groups in total. The topological polar surface area (TPSA) is 44.2 Å². The van der Waals surface area contributed by atoms with Crippen molar-refractivity contribution >= 4 is 0 Å². The van der Waals surface area contributed by atoms with E-state index in [1.54, 1.807) is 7.11 Å². The van der Waals surface area contributed by atoms with Gasteiger partial charge in [0.2, 0.25) is 0 Å². The first-order valence-corrected chi connectivity index (χ1v) is 10.9. The lowest BCUT2D eigenvalue weighted by Gasteiger charge is -2.11. The van der Waals surface area contributed by atoms with Crippen LogP contribution < -0.4 is 9.47 Å². The van der Waals surface area contributed by atoms with Gasteiger partial charge in [-0.2, -0.15) is 0 Å². The van der Waals surface area contributed by atoms with Gasteiger partial charge in [-0.3, -0.25) is 0 Å². The Hall–Kier alpha value is -3.66. The van der Waals surface area contributed by atoms with Crippen LogP contribution in [0.15, 0.2) is 78.9 Å². The second kappa shape index (κ2) is 9.65. The second-order valence-electron chi connectivity index (χ2n) is 8.29. The SMILES string of the molecule is COc1ccc(-c2cc(-c3ccc(C)cc3)nc(-c3ccc(OCC(C)C)cc3)n2)cc1. The Kier molecular flexibility index (Phi) is 6.50. The molecule has 1 aromatic heterocycles. The summed E-state index contributed by atoms with van der Waals surface area (Å²) in [6, 6.07) is 26.4. The Morgan fingerprint density at radius 3 is 1.72 bits per heavy atom. The molecule has 0 radical (unpaired) electrons. The van der Waals surface area contributed by atoms with Crippen molar-refractivity contribution < 1.29 is 9.47 Å². The minimum Gasteiger partial charge on any atom is -0.497 e. The van der Waals surface area contributed by atoms with Crippen molar-refractivity contribution in [2.75, 3.05) is 13.7 Å². The summed E-state index contributed by atoms with van der Waals surface area (Å²) in [6.45, 7) is 7.06. The van der Waals surface area contributed by atoms with Crippen LogP contribution in [-0.2, 0) is 0 Å². The summed E-state index contributed by atoms with van der Waals surface area (Å²) < 4.78 is 11.1. The zero-order valence-electron chi connectivity index (χ0n) is 19.0. The largest absolute Gasteiger partial charge is 0.497 e. The van der Waals surface area contributed by atoms with Gasteiger partial charge in [0.1, 0.15) is 11.5 Å². The molecule has 3 aromatic carbocycles. The molecule has 0 saturated carbocycles. The molecule has 0 aliphatic heterocycles. The van der Waals surface area contributed by atoms with E-state index in [1.807, 2.05) is 54.6 Å². The lowest BCUT2D eigenvalue weighted by atomic mass is 10.1. The summed E-state index contributed by atoms with van der Waals surface area (Å²) >= 11 is 0. The second-order valence-corrected chi connectivity index (χ2v) is 8.29. The summed E-state index contributed by atoms with van der Waals surface area (Å²) in [5.74, 6) is 2.84. The van der Waals surface area contributed by atoms with E-state index in [2.05, 4.69) is 45.0 Å². The van der Waals surface area contributed by atoms with Gasteiger partial charge in [-0.1, -0.05) is 43.7 Å². The molecule has 0 amide bonds. The third kappa shape index (κ3) is 5.14. The van der Waals surface area contributed by atoms with Crippen LogP contribution in [0.25, 0.3) is 33.9 Å². The van der Waals surface area contributed by atoms with Crippen LogP contribution in [0.1, 0.15) is 19.4 Å². The highest BCUT2D eigenvalue weighted by Gasteiger charge is 2.11. The van der Waals surface area contributed by atoms with Crippen molar-refractivity contribution in [3.05, 3.63) is 84.4 Å². The molecule has 0 fully saturated rings. The quantitative estimate of drug-likeness (QED) is 0.326. The first kappa shape index (κ1) is 21.6. The van der Waals surface area contributed by atoms with E-state index >= 15 is 0 Å². The van der Waals surface area contributed by atoms with Gasteiger partial charge in [0.25, 0.3) is 0 Å². The summed E-state index contributed by atoms with van der Waals surface area (Å²) in [7, 11) is 1.67. The maximum Gasteiger partial charge on any atom is 0.160 e. The monoisotopic (exact) mass is 424 g/mol. The van der Waals surface area contributed by atoms with Crippen molar-refractivity contribution in [1.82, 2.24) is 9.97 Å². The summed E-state index contributed by atoms with van der Waals surface area (Å²) in [5.41, 5.74) is 6.00. The summed E-state index contributed by atoms with van der Waals surface area (Å²) in [5, 5.41) is 0. The fourth-order valence-electron chi connectivity index (χ4n) is 3.32. The fraction of sp³-hybridized carbons (Fsp3) is 0.214. The van der Waals surface area contributed by atoms with Crippen LogP contribution in [0.2, 0.25) is 0 Å². The Labute approximate surface area is 189 Å². The zero-order valence-corrected chi connectivity index (χ0v) is 19.0. The molecule has 0 saturated heterocycles. The van der Waals surface area contributed by atoms with Gasteiger partial charge in [0.05, 0.1) is 25.1 Å². The first-order chi connectivity index (χ1) is 15.5. The minimum atomic E-state index is 0.483. The van der Waals surface area contributed by atoms with E-state index in [-0.39, 0.29) is 0 Å². The molecule has 0 aliphatic carbocycles. The van der Waals surface area contributed by atoms with Crippen LogP contribution >= 0.6 is 0 Å². The summed E-state index contributed by atoms with van der Waals surface area (Å²) in [4.78, 5) is 9.77.